The number of aryl methyl sites for hydroxylation is 1. The number of hydrogen-bond donors (Lipinski definition) is 2. The second-order valence-corrected chi connectivity index (χ2v) is 4.03. The third-order valence-corrected chi connectivity index (χ3v) is 2.23. The summed E-state index contributed by atoms with van der Waals surface area (Å²) in [5.74, 6) is -0.640. The van der Waals surface area contributed by atoms with Gasteiger partial charge in [0.2, 0.25) is 5.91 Å². The first-order valence-electron chi connectivity index (χ1n) is 5.14. The van der Waals surface area contributed by atoms with Gasteiger partial charge in [-0.2, -0.15) is 5.10 Å². The monoisotopic (exact) mass is 239 g/mol. The third-order valence-electron chi connectivity index (χ3n) is 2.23. The molecule has 7 heteroatoms. The van der Waals surface area contributed by atoms with Crippen molar-refractivity contribution in [3.8, 4) is 0 Å². The van der Waals surface area contributed by atoms with E-state index in [2.05, 4.69) is 10.4 Å². The van der Waals surface area contributed by atoms with E-state index in [0.29, 0.717) is 0 Å². The first-order chi connectivity index (χ1) is 7.82. The number of nitrogens with two attached hydrogens (primary N) is 1. The highest BCUT2D eigenvalue weighted by Crippen LogP contribution is 2.07. The summed E-state index contributed by atoms with van der Waals surface area (Å²) in [5.41, 5.74) is 6.03. The van der Waals surface area contributed by atoms with Gasteiger partial charge in [-0.15, -0.1) is 0 Å². The minimum Gasteiger partial charge on any atom is -0.396 e. The number of nitrogens with zero attached hydrogens (tertiary/aromatic N) is 3. The first-order valence-corrected chi connectivity index (χ1v) is 5.14. The minimum atomic E-state index is -0.612. The Labute approximate surface area is 99.6 Å². The van der Waals surface area contributed by atoms with Crippen LogP contribution in [0.25, 0.3) is 0 Å². The number of rotatable bonds is 3. The number of aromatic nitrogens is 2. The highest BCUT2D eigenvalue weighted by atomic mass is 16.2. The van der Waals surface area contributed by atoms with Gasteiger partial charge in [-0.25, -0.2) is 0 Å². The smallest absolute Gasteiger partial charge is 0.274 e. The van der Waals surface area contributed by atoms with Crippen LogP contribution >= 0.6 is 0 Å². The number of likely N-dealkylation sites (N-methyl/N-ethyl adjacent to an activating group) is 1. The number of nitrogens with one attached hydrogen (secondary N) is 1. The maximum atomic E-state index is 11.8. The van der Waals surface area contributed by atoms with E-state index in [0.717, 1.165) is 0 Å². The van der Waals surface area contributed by atoms with Crippen LogP contribution in [0, 0.1) is 0 Å². The first kappa shape index (κ1) is 13.0. The molecule has 1 atom stereocenters. The number of carbonyl (C=O) groups is 2. The lowest BCUT2D eigenvalue weighted by atomic mass is 10.2. The van der Waals surface area contributed by atoms with Crippen LogP contribution in [0.2, 0.25) is 0 Å². The van der Waals surface area contributed by atoms with Gasteiger partial charge in [0.15, 0.2) is 5.69 Å². The summed E-state index contributed by atoms with van der Waals surface area (Å²) in [6.07, 6.45) is 1.54. The van der Waals surface area contributed by atoms with E-state index in [9.17, 15) is 9.59 Å². The van der Waals surface area contributed by atoms with Gasteiger partial charge in [0.05, 0.1) is 5.69 Å². The van der Waals surface area contributed by atoms with Crippen molar-refractivity contribution in [2.45, 2.75) is 13.0 Å². The summed E-state index contributed by atoms with van der Waals surface area (Å²) in [6, 6.07) is -0.612. The van der Waals surface area contributed by atoms with E-state index in [4.69, 9.17) is 5.73 Å². The fraction of sp³-hybridized carbons (Fsp3) is 0.500. The minimum absolute atomic E-state index is 0.130. The lowest BCUT2D eigenvalue weighted by molar-refractivity contribution is -0.130. The van der Waals surface area contributed by atoms with Gasteiger partial charge in [-0.1, -0.05) is 0 Å². The van der Waals surface area contributed by atoms with Crippen molar-refractivity contribution in [1.82, 2.24) is 20.0 Å². The summed E-state index contributed by atoms with van der Waals surface area (Å²) in [6.45, 7) is 1.61. The highest BCUT2D eigenvalue weighted by molar-refractivity contribution is 5.99. The molecule has 7 nitrogen and oxygen atoms in total. The normalized spacial score (nSPS) is 12.0. The number of hydrogen-bond acceptors (Lipinski definition) is 4. The van der Waals surface area contributed by atoms with Crippen molar-refractivity contribution >= 4 is 17.5 Å². The van der Waals surface area contributed by atoms with Gasteiger partial charge in [0.25, 0.3) is 5.91 Å². The predicted molar refractivity (Wildman–Crippen MR) is 63.2 cm³/mol. The number of carbonyl (C=O) groups excluding carboxylic acids is 2. The highest BCUT2D eigenvalue weighted by Gasteiger charge is 2.21. The average molecular weight is 239 g/mol. The zero-order valence-electron chi connectivity index (χ0n) is 10.4. The Kier molecular flexibility index (Phi) is 3.72. The molecule has 1 aromatic heterocycles. The van der Waals surface area contributed by atoms with E-state index in [1.807, 2.05) is 0 Å². The van der Waals surface area contributed by atoms with Gasteiger partial charge >= 0.3 is 0 Å². The Balaban J connectivity index is 2.73. The molecule has 0 aliphatic heterocycles. The van der Waals surface area contributed by atoms with Crippen molar-refractivity contribution in [3.63, 3.8) is 0 Å². The summed E-state index contributed by atoms with van der Waals surface area (Å²) >= 11 is 0. The molecular weight excluding hydrogens is 222 g/mol. The van der Waals surface area contributed by atoms with Crippen LogP contribution in [0.3, 0.4) is 0 Å². The standard InChI is InChI=1S/C10H17N5O2/c1-6(10(17)14(2)3)12-9(16)8-7(11)5-15(4)13-8/h5-6H,11H2,1-4H3,(H,12,16). The van der Waals surface area contributed by atoms with Crippen molar-refractivity contribution in [3.05, 3.63) is 11.9 Å². The molecule has 1 heterocycles. The molecule has 0 saturated heterocycles. The quantitative estimate of drug-likeness (QED) is 0.722. The third kappa shape index (κ3) is 2.96. The molecule has 0 aliphatic rings. The van der Waals surface area contributed by atoms with E-state index in [1.165, 1.54) is 15.8 Å². The molecule has 1 unspecified atom stereocenters. The average Bonchev–Trinajstić information content (AvgIpc) is 2.56. The summed E-state index contributed by atoms with van der Waals surface area (Å²) in [7, 11) is 4.92. The summed E-state index contributed by atoms with van der Waals surface area (Å²) in [5, 5.41) is 6.47. The number of amides is 2. The molecule has 0 spiro atoms. The Morgan fingerprint density at radius 3 is 2.53 bits per heavy atom. The Morgan fingerprint density at radius 1 is 1.53 bits per heavy atom. The fourth-order valence-electron chi connectivity index (χ4n) is 1.40. The Bertz CT molecular complexity index is 438. The SMILES string of the molecule is CC(NC(=O)c1nn(C)cc1N)C(=O)N(C)C. The van der Waals surface area contributed by atoms with Gasteiger partial charge in [-0.05, 0) is 6.92 Å². The van der Waals surface area contributed by atoms with Crippen molar-refractivity contribution in [2.75, 3.05) is 19.8 Å². The van der Waals surface area contributed by atoms with Crippen LogP contribution in [0.5, 0.6) is 0 Å². The van der Waals surface area contributed by atoms with Crippen molar-refractivity contribution < 1.29 is 9.59 Å². The fourth-order valence-corrected chi connectivity index (χ4v) is 1.40. The van der Waals surface area contributed by atoms with E-state index >= 15 is 0 Å². The lowest BCUT2D eigenvalue weighted by Crippen LogP contribution is -2.44. The summed E-state index contributed by atoms with van der Waals surface area (Å²) < 4.78 is 1.45. The maximum absolute atomic E-state index is 11.8. The summed E-state index contributed by atoms with van der Waals surface area (Å²) in [4.78, 5) is 24.7. The van der Waals surface area contributed by atoms with Crippen LogP contribution in [-0.4, -0.2) is 46.6 Å². The van der Waals surface area contributed by atoms with Crippen LogP contribution in [-0.2, 0) is 11.8 Å². The predicted octanol–water partition coefficient (Wildman–Crippen LogP) is -0.791. The Hall–Kier alpha value is -2.05. The molecular formula is C10H17N5O2. The lowest BCUT2D eigenvalue weighted by Gasteiger charge is -2.17. The van der Waals surface area contributed by atoms with Crippen molar-refractivity contribution in [2.24, 2.45) is 7.05 Å². The molecule has 1 aromatic rings. The van der Waals surface area contributed by atoms with E-state index < -0.39 is 11.9 Å². The number of nitrogen functional groups attached to an aromatic ring is 1. The second kappa shape index (κ2) is 4.86. The van der Waals surface area contributed by atoms with Crippen LogP contribution in [0.15, 0.2) is 6.20 Å². The molecule has 0 bridgehead atoms. The largest absolute Gasteiger partial charge is 0.396 e. The van der Waals surface area contributed by atoms with E-state index in [1.54, 1.807) is 28.1 Å². The molecule has 0 aromatic carbocycles. The van der Waals surface area contributed by atoms with Crippen LogP contribution in [0.4, 0.5) is 5.69 Å². The number of anilines is 1. The van der Waals surface area contributed by atoms with Crippen LogP contribution < -0.4 is 11.1 Å². The van der Waals surface area contributed by atoms with E-state index in [-0.39, 0.29) is 17.3 Å². The van der Waals surface area contributed by atoms with Crippen LogP contribution in [0.1, 0.15) is 17.4 Å². The molecule has 0 saturated carbocycles. The molecule has 1 rings (SSSR count). The molecule has 3 N–H and O–H groups in total. The topological polar surface area (TPSA) is 93.2 Å². The van der Waals surface area contributed by atoms with Gasteiger partial charge < -0.3 is 16.0 Å². The maximum Gasteiger partial charge on any atom is 0.274 e. The molecule has 2 amide bonds. The van der Waals surface area contributed by atoms with Gasteiger partial charge in [0, 0.05) is 27.3 Å². The molecule has 0 radical (unpaired) electrons. The zero-order chi connectivity index (χ0) is 13.2. The second-order valence-electron chi connectivity index (χ2n) is 4.03. The van der Waals surface area contributed by atoms with Crippen molar-refractivity contribution in [1.29, 1.82) is 0 Å². The Morgan fingerprint density at radius 2 is 2.12 bits per heavy atom. The molecule has 17 heavy (non-hydrogen) atoms. The molecule has 0 aliphatic carbocycles. The molecule has 94 valence electrons. The van der Waals surface area contributed by atoms with Gasteiger partial charge in [0.1, 0.15) is 6.04 Å². The zero-order valence-corrected chi connectivity index (χ0v) is 10.4. The van der Waals surface area contributed by atoms with Gasteiger partial charge in [-0.3, -0.25) is 14.3 Å². The molecule has 0 fully saturated rings.